The third-order valence-corrected chi connectivity index (χ3v) is 4.62. The summed E-state index contributed by atoms with van der Waals surface area (Å²) in [5.41, 5.74) is 1.17. The average Bonchev–Trinajstić information content (AvgIpc) is 2.79. The van der Waals surface area contributed by atoms with E-state index in [0.29, 0.717) is 0 Å². The summed E-state index contributed by atoms with van der Waals surface area (Å²) < 4.78 is 10.5. The van der Waals surface area contributed by atoms with E-state index in [0.717, 1.165) is 28.7 Å². The fourth-order valence-electron chi connectivity index (χ4n) is 2.03. The van der Waals surface area contributed by atoms with E-state index in [-0.39, 0.29) is 18.0 Å². The van der Waals surface area contributed by atoms with Crippen molar-refractivity contribution in [2.75, 3.05) is 18.6 Å². The van der Waals surface area contributed by atoms with Crippen LogP contribution in [0.25, 0.3) is 0 Å². The van der Waals surface area contributed by atoms with Gasteiger partial charge in [0.15, 0.2) is 0 Å². The summed E-state index contributed by atoms with van der Waals surface area (Å²) >= 11 is 7.67. The van der Waals surface area contributed by atoms with Gasteiger partial charge in [-0.05, 0) is 23.8 Å². The van der Waals surface area contributed by atoms with Gasteiger partial charge in [-0.1, -0.05) is 18.5 Å². The number of methoxy groups -OCH3 is 1. The van der Waals surface area contributed by atoms with Gasteiger partial charge < -0.3 is 9.47 Å². The largest absolute Gasteiger partial charge is 0.489 e. The minimum Gasteiger partial charge on any atom is -0.489 e. The number of fused-ring (bicyclic) bond motifs is 1. The molecule has 0 radical (unpaired) electrons. The van der Waals surface area contributed by atoms with E-state index in [1.807, 2.05) is 25.1 Å². The predicted molar refractivity (Wildman–Crippen MR) is 78.1 cm³/mol. The summed E-state index contributed by atoms with van der Waals surface area (Å²) in [6, 6.07) is 5.72. The lowest BCUT2D eigenvalue weighted by Crippen LogP contribution is -2.19. The summed E-state index contributed by atoms with van der Waals surface area (Å²) in [4.78, 5) is 11.3. The molecule has 2 unspecified atom stereocenters. The zero-order valence-electron chi connectivity index (χ0n) is 11.0. The highest BCUT2D eigenvalue weighted by molar-refractivity contribution is 7.99. The van der Waals surface area contributed by atoms with E-state index >= 15 is 0 Å². The van der Waals surface area contributed by atoms with Crippen LogP contribution in [0.1, 0.15) is 12.5 Å². The van der Waals surface area contributed by atoms with Crippen molar-refractivity contribution in [3.8, 4) is 5.75 Å². The van der Waals surface area contributed by atoms with Crippen LogP contribution >= 0.6 is 23.4 Å². The Morgan fingerprint density at radius 3 is 3.16 bits per heavy atom. The van der Waals surface area contributed by atoms with Gasteiger partial charge in [-0.2, -0.15) is 11.8 Å². The first kappa shape index (κ1) is 14.5. The maximum atomic E-state index is 11.3. The van der Waals surface area contributed by atoms with Gasteiger partial charge in [0, 0.05) is 22.9 Å². The van der Waals surface area contributed by atoms with Crippen molar-refractivity contribution in [2.45, 2.75) is 19.4 Å². The summed E-state index contributed by atoms with van der Waals surface area (Å²) in [7, 11) is 1.42. The molecule has 0 aliphatic carbocycles. The molecule has 1 aromatic carbocycles. The molecule has 1 aliphatic heterocycles. The van der Waals surface area contributed by atoms with E-state index in [2.05, 4.69) is 0 Å². The first-order valence-electron chi connectivity index (χ1n) is 6.21. The second kappa shape index (κ2) is 6.53. The quantitative estimate of drug-likeness (QED) is 0.782. The highest BCUT2D eigenvalue weighted by atomic mass is 35.5. The zero-order chi connectivity index (χ0) is 13.8. The van der Waals surface area contributed by atoms with Gasteiger partial charge in [0.05, 0.1) is 13.0 Å². The molecule has 0 fully saturated rings. The Balaban J connectivity index is 1.77. The number of halogens is 1. The molecule has 0 saturated heterocycles. The molecule has 2 atom stereocenters. The number of ether oxygens (including phenoxy) is 2. The summed E-state index contributed by atoms with van der Waals surface area (Å²) in [6.45, 7) is 1.88. The molecule has 104 valence electrons. The molecule has 1 aliphatic rings. The number of thioether (sulfide) groups is 1. The Morgan fingerprint density at radius 2 is 2.42 bits per heavy atom. The Kier molecular flexibility index (Phi) is 4.99. The maximum Gasteiger partial charge on any atom is 0.309 e. The van der Waals surface area contributed by atoms with Gasteiger partial charge in [-0.25, -0.2) is 0 Å². The number of benzene rings is 1. The number of carbonyl (C=O) groups excluding carboxylic acids is 1. The second-order valence-corrected chi connectivity index (χ2v) is 6.17. The van der Waals surface area contributed by atoms with Crippen molar-refractivity contribution in [3.05, 3.63) is 28.8 Å². The lowest BCUT2D eigenvalue weighted by Gasteiger charge is -2.12. The average molecular weight is 301 g/mol. The maximum absolute atomic E-state index is 11.3. The van der Waals surface area contributed by atoms with Crippen molar-refractivity contribution in [3.63, 3.8) is 0 Å². The highest BCUT2D eigenvalue weighted by Gasteiger charge is 2.23. The van der Waals surface area contributed by atoms with Crippen LogP contribution in [-0.4, -0.2) is 30.7 Å². The Bertz CT molecular complexity index is 464. The first-order valence-corrected chi connectivity index (χ1v) is 7.74. The number of hydrogen-bond donors (Lipinski definition) is 0. The van der Waals surface area contributed by atoms with Crippen LogP contribution in [0.2, 0.25) is 5.02 Å². The van der Waals surface area contributed by atoms with Crippen molar-refractivity contribution in [1.29, 1.82) is 0 Å². The fourth-order valence-corrected chi connectivity index (χ4v) is 3.30. The van der Waals surface area contributed by atoms with Crippen molar-refractivity contribution >= 4 is 29.3 Å². The fraction of sp³-hybridized carbons (Fsp3) is 0.500. The van der Waals surface area contributed by atoms with Crippen LogP contribution < -0.4 is 4.74 Å². The molecule has 0 amide bonds. The molecule has 1 aromatic rings. The molecular formula is C14H17ClO3S. The van der Waals surface area contributed by atoms with Crippen LogP contribution in [0.5, 0.6) is 5.75 Å². The van der Waals surface area contributed by atoms with Crippen molar-refractivity contribution in [1.82, 2.24) is 0 Å². The molecule has 0 bridgehead atoms. The topological polar surface area (TPSA) is 35.5 Å². The number of rotatable bonds is 5. The third kappa shape index (κ3) is 3.80. The lowest BCUT2D eigenvalue weighted by molar-refractivity contribution is -0.143. The van der Waals surface area contributed by atoms with Gasteiger partial charge >= 0.3 is 5.97 Å². The molecule has 3 nitrogen and oxygen atoms in total. The Morgan fingerprint density at radius 1 is 1.63 bits per heavy atom. The summed E-state index contributed by atoms with van der Waals surface area (Å²) in [5.74, 6) is 2.32. The molecule has 2 rings (SSSR count). The second-order valence-electron chi connectivity index (χ2n) is 4.66. The van der Waals surface area contributed by atoms with Crippen LogP contribution in [0.3, 0.4) is 0 Å². The van der Waals surface area contributed by atoms with Gasteiger partial charge in [-0.3, -0.25) is 4.79 Å². The normalized spacial score (nSPS) is 18.6. The number of carbonyl (C=O) groups is 1. The van der Waals surface area contributed by atoms with Gasteiger partial charge in [-0.15, -0.1) is 0 Å². The molecule has 0 saturated carbocycles. The highest BCUT2D eigenvalue weighted by Crippen LogP contribution is 2.32. The Hall–Kier alpha value is -0.870. The third-order valence-electron chi connectivity index (χ3n) is 3.04. The molecule has 0 spiro atoms. The summed E-state index contributed by atoms with van der Waals surface area (Å²) in [6.07, 6.45) is 1.05. The van der Waals surface area contributed by atoms with Crippen molar-refractivity contribution in [2.24, 2.45) is 5.92 Å². The predicted octanol–water partition coefficient (Wildman–Crippen LogP) is 3.19. The molecule has 5 heteroatoms. The number of esters is 1. The minimum absolute atomic E-state index is 0.0757. The van der Waals surface area contributed by atoms with Crippen LogP contribution in [0, 0.1) is 5.92 Å². The monoisotopic (exact) mass is 300 g/mol. The van der Waals surface area contributed by atoms with E-state index < -0.39 is 0 Å². The molecule has 19 heavy (non-hydrogen) atoms. The molecule has 0 aromatic heterocycles. The van der Waals surface area contributed by atoms with Gasteiger partial charge in [0.2, 0.25) is 0 Å². The molecule has 1 heterocycles. The van der Waals surface area contributed by atoms with E-state index in [9.17, 15) is 4.79 Å². The summed E-state index contributed by atoms with van der Waals surface area (Å²) in [5, 5.41) is 0.745. The van der Waals surface area contributed by atoms with Crippen LogP contribution in [0.15, 0.2) is 18.2 Å². The Labute approximate surface area is 122 Å². The van der Waals surface area contributed by atoms with Gasteiger partial charge in [0.1, 0.15) is 11.9 Å². The van der Waals surface area contributed by atoms with Crippen LogP contribution in [0.4, 0.5) is 0 Å². The lowest BCUT2D eigenvalue weighted by atomic mass is 10.1. The minimum atomic E-state index is -0.157. The van der Waals surface area contributed by atoms with Gasteiger partial charge in [0.25, 0.3) is 0 Å². The SMILES string of the molecule is COC(=O)C(C)CSCC1Cc2cc(Cl)ccc2O1. The smallest absolute Gasteiger partial charge is 0.309 e. The standard InChI is InChI=1S/C14H17ClO3S/c1-9(14(16)17-2)7-19-8-12-6-10-5-11(15)3-4-13(10)18-12/h3-5,9,12H,6-8H2,1-2H3. The van der Waals surface area contributed by atoms with Crippen LogP contribution in [-0.2, 0) is 16.0 Å². The zero-order valence-corrected chi connectivity index (χ0v) is 12.6. The van der Waals surface area contributed by atoms with E-state index in [1.54, 1.807) is 11.8 Å². The molecular weight excluding hydrogens is 284 g/mol. The number of hydrogen-bond acceptors (Lipinski definition) is 4. The van der Waals surface area contributed by atoms with E-state index in [4.69, 9.17) is 21.1 Å². The van der Waals surface area contributed by atoms with E-state index in [1.165, 1.54) is 12.7 Å². The molecule has 0 N–H and O–H groups in total. The van der Waals surface area contributed by atoms with Crippen molar-refractivity contribution < 1.29 is 14.3 Å². The first-order chi connectivity index (χ1) is 9.10.